The van der Waals surface area contributed by atoms with Crippen molar-refractivity contribution in [1.29, 1.82) is 10.8 Å². The van der Waals surface area contributed by atoms with Crippen molar-refractivity contribution in [2.24, 2.45) is 0 Å². The molecule has 0 fully saturated rings. The molecule has 2 aromatic carbocycles. The van der Waals surface area contributed by atoms with E-state index in [0.717, 1.165) is 17.3 Å². The largest absolute Gasteiger partial charge is 0.356 e. The number of nitro benzene ring substituents is 1. The first-order valence-corrected chi connectivity index (χ1v) is 6.99. The van der Waals surface area contributed by atoms with E-state index in [0.29, 0.717) is 22.6 Å². The molecule has 0 saturated carbocycles. The molecule has 0 spiro atoms. The molecular weight excluding hydrogens is 308 g/mol. The molecule has 2 N–H and O–H groups in total. The van der Waals surface area contributed by atoms with Gasteiger partial charge in [0.1, 0.15) is 5.69 Å². The highest BCUT2D eigenvalue weighted by atomic mass is 16.6. The Bertz CT molecular complexity index is 929. The molecule has 0 aliphatic rings. The summed E-state index contributed by atoms with van der Waals surface area (Å²) in [6.07, 6.45) is 2.29. The maximum absolute atomic E-state index is 11.3. The van der Waals surface area contributed by atoms with Crippen LogP contribution in [0.1, 0.15) is 11.1 Å². The predicted octanol–water partition coefficient (Wildman–Crippen LogP) is 3.91. The summed E-state index contributed by atoms with van der Waals surface area (Å²) in [5, 5.41) is 29.6. The quantitative estimate of drug-likeness (QED) is 0.421. The van der Waals surface area contributed by atoms with E-state index in [-0.39, 0.29) is 5.69 Å². The summed E-state index contributed by atoms with van der Waals surface area (Å²) >= 11 is 0. The topological polar surface area (TPSA) is 117 Å². The van der Waals surface area contributed by atoms with Gasteiger partial charge in [-0.15, -0.1) is 0 Å². The normalized spacial score (nSPS) is 10.3. The smallest absolute Gasteiger partial charge is 0.279 e. The van der Waals surface area contributed by atoms with Gasteiger partial charge in [-0.2, -0.15) is 0 Å². The number of nitro groups is 1. The van der Waals surface area contributed by atoms with Gasteiger partial charge in [0.2, 0.25) is 0 Å². The summed E-state index contributed by atoms with van der Waals surface area (Å²) in [4.78, 5) is 10.8. The number of hydrogen-bond donors (Lipinski definition) is 2. The lowest BCUT2D eigenvalue weighted by Gasteiger charge is -2.00. The van der Waals surface area contributed by atoms with E-state index in [1.807, 2.05) is 0 Å². The minimum Gasteiger partial charge on any atom is -0.356 e. The van der Waals surface area contributed by atoms with Gasteiger partial charge in [-0.25, -0.2) is 0 Å². The number of nitrogens with one attached hydrogen (secondary N) is 2. The summed E-state index contributed by atoms with van der Waals surface area (Å²) in [6, 6.07) is 13.2. The van der Waals surface area contributed by atoms with Crippen LogP contribution in [0.25, 0.3) is 22.6 Å². The molecule has 0 amide bonds. The molecule has 118 valence electrons. The van der Waals surface area contributed by atoms with Crippen LogP contribution in [0.15, 0.2) is 53.1 Å². The average Bonchev–Trinajstić information content (AvgIpc) is 3.11. The molecule has 0 aliphatic carbocycles. The fourth-order valence-corrected chi connectivity index (χ4v) is 2.29. The van der Waals surface area contributed by atoms with Gasteiger partial charge in [0.25, 0.3) is 5.69 Å². The van der Waals surface area contributed by atoms with Crippen molar-refractivity contribution in [3.05, 3.63) is 69.8 Å². The van der Waals surface area contributed by atoms with Crippen molar-refractivity contribution >= 4 is 18.1 Å². The first-order chi connectivity index (χ1) is 11.6. The van der Waals surface area contributed by atoms with Crippen LogP contribution >= 0.6 is 0 Å². The first kappa shape index (κ1) is 15.3. The molecule has 24 heavy (non-hydrogen) atoms. The second kappa shape index (κ2) is 6.25. The molecule has 0 atom stereocenters. The fourth-order valence-electron chi connectivity index (χ4n) is 2.29. The lowest BCUT2D eigenvalue weighted by atomic mass is 10.1. The second-order valence-electron chi connectivity index (χ2n) is 5.02. The molecule has 7 nitrogen and oxygen atoms in total. The van der Waals surface area contributed by atoms with E-state index in [2.05, 4.69) is 5.16 Å². The average molecular weight is 320 g/mol. The summed E-state index contributed by atoms with van der Waals surface area (Å²) in [7, 11) is 0. The van der Waals surface area contributed by atoms with Gasteiger partial charge in [0.15, 0.2) is 5.76 Å². The number of benzene rings is 2. The van der Waals surface area contributed by atoms with Gasteiger partial charge < -0.3 is 15.3 Å². The Kier molecular flexibility index (Phi) is 3.98. The van der Waals surface area contributed by atoms with Crippen molar-refractivity contribution in [2.45, 2.75) is 0 Å². The minimum atomic E-state index is -0.504. The molecule has 7 heteroatoms. The van der Waals surface area contributed by atoms with Gasteiger partial charge in [0, 0.05) is 30.1 Å². The van der Waals surface area contributed by atoms with Gasteiger partial charge >= 0.3 is 0 Å². The number of hydrogen-bond acceptors (Lipinski definition) is 6. The van der Waals surface area contributed by atoms with Crippen molar-refractivity contribution in [3.63, 3.8) is 0 Å². The second-order valence-corrected chi connectivity index (χ2v) is 5.02. The Morgan fingerprint density at radius 3 is 2.29 bits per heavy atom. The molecule has 0 bridgehead atoms. The third-order valence-electron chi connectivity index (χ3n) is 3.53. The van der Waals surface area contributed by atoms with Crippen molar-refractivity contribution in [3.8, 4) is 22.6 Å². The standard InChI is InChI=1S/C17H12N4O3/c18-9-11-1-4-13(5-2-11)17-8-15(20-24-17)14-6-3-12(10-19)7-16(14)21(22)23/h1-10,18-19H. The van der Waals surface area contributed by atoms with Gasteiger partial charge in [-0.1, -0.05) is 35.5 Å². The van der Waals surface area contributed by atoms with Crippen LogP contribution < -0.4 is 0 Å². The van der Waals surface area contributed by atoms with E-state index in [1.165, 1.54) is 12.3 Å². The zero-order chi connectivity index (χ0) is 17.1. The van der Waals surface area contributed by atoms with Gasteiger partial charge in [-0.3, -0.25) is 10.1 Å². The summed E-state index contributed by atoms with van der Waals surface area (Å²) in [6.45, 7) is 0. The van der Waals surface area contributed by atoms with Crippen molar-refractivity contribution < 1.29 is 9.45 Å². The van der Waals surface area contributed by atoms with Crippen molar-refractivity contribution in [1.82, 2.24) is 5.16 Å². The Morgan fingerprint density at radius 1 is 1.00 bits per heavy atom. The molecule has 0 saturated heterocycles. The molecule has 0 aliphatic heterocycles. The fraction of sp³-hybridized carbons (Fsp3) is 0. The SMILES string of the molecule is N=Cc1ccc(-c2cc(-c3ccc(C=N)cc3[N+](=O)[O-])no2)cc1. The summed E-state index contributed by atoms with van der Waals surface area (Å²) in [5.74, 6) is 0.479. The Morgan fingerprint density at radius 2 is 1.67 bits per heavy atom. The van der Waals surface area contributed by atoms with E-state index in [1.54, 1.807) is 42.5 Å². The molecule has 3 aromatic rings. The highest BCUT2D eigenvalue weighted by molar-refractivity contribution is 5.83. The minimum absolute atomic E-state index is 0.130. The van der Waals surface area contributed by atoms with E-state index < -0.39 is 4.92 Å². The van der Waals surface area contributed by atoms with E-state index in [9.17, 15) is 10.1 Å². The van der Waals surface area contributed by atoms with Crippen LogP contribution in [-0.2, 0) is 0 Å². The number of rotatable bonds is 5. The zero-order valence-electron chi connectivity index (χ0n) is 12.4. The lowest BCUT2D eigenvalue weighted by molar-refractivity contribution is -0.384. The predicted molar refractivity (Wildman–Crippen MR) is 89.8 cm³/mol. The molecular formula is C17H12N4O3. The van der Waals surface area contributed by atoms with E-state index >= 15 is 0 Å². The number of aromatic nitrogens is 1. The third kappa shape index (κ3) is 2.82. The summed E-state index contributed by atoms with van der Waals surface area (Å²) < 4.78 is 5.30. The lowest BCUT2D eigenvalue weighted by Crippen LogP contribution is -1.94. The zero-order valence-corrected chi connectivity index (χ0v) is 12.4. The van der Waals surface area contributed by atoms with Crippen LogP contribution in [0.2, 0.25) is 0 Å². The van der Waals surface area contributed by atoms with Gasteiger partial charge in [-0.05, 0) is 17.2 Å². The van der Waals surface area contributed by atoms with Crippen LogP contribution in [0, 0.1) is 20.9 Å². The Hall–Kier alpha value is -3.61. The highest BCUT2D eigenvalue weighted by Crippen LogP contribution is 2.32. The Labute approximate surface area is 136 Å². The third-order valence-corrected chi connectivity index (χ3v) is 3.53. The van der Waals surface area contributed by atoms with Crippen LogP contribution in [0.5, 0.6) is 0 Å². The monoisotopic (exact) mass is 320 g/mol. The molecule has 1 heterocycles. The molecule has 1 aromatic heterocycles. The molecule has 0 unspecified atom stereocenters. The maximum atomic E-state index is 11.3. The highest BCUT2D eigenvalue weighted by Gasteiger charge is 2.19. The molecule has 3 rings (SSSR count). The van der Waals surface area contributed by atoms with Crippen LogP contribution in [0.4, 0.5) is 5.69 Å². The number of nitrogens with zero attached hydrogens (tertiary/aromatic N) is 2. The summed E-state index contributed by atoms with van der Waals surface area (Å²) in [5.41, 5.74) is 2.52. The first-order valence-electron chi connectivity index (χ1n) is 6.99. The van der Waals surface area contributed by atoms with Crippen molar-refractivity contribution in [2.75, 3.05) is 0 Å². The van der Waals surface area contributed by atoms with Crippen LogP contribution in [0.3, 0.4) is 0 Å². The maximum Gasteiger partial charge on any atom is 0.279 e. The van der Waals surface area contributed by atoms with E-state index in [4.69, 9.17) is 15.3 Å². The Balaban J connectivity index is 2.02. The van der Waals surface area contributed by atoms with Gasteiger partial charge in [0.05, 0.1) is 10.5 Å². The molecule has 0 radical (unpaired) electrons. The van der Waals surface area contributed by atoms with Crippen LogP contribution in [-0.4, -0.2) is 22.5 Å².